The highest BCUT2D eigenvalue weighted by Crippen LogP contribution is 2.36. The molecule has 0 radical (unpaired) electrons. The molecule has 1 N–H and O–H groups in total. The van der Waals surface area contributed by atoms with Gasteiger partial charge in [-0.05, 0) is 48.8 Å². The first kappa shape index (κ1) is 17.3. The molecular formula is C15H21F2NO3S. The Morgan fingerprint density at radius 2 is 1.77 bits per heavy atom. The van der Waals surface area contributed by atoms with Crippen molar-refractivity contribution in [3.8, 4) is 0 Å². The highest BCUT2D eigenvalue weighted by atomic mass is 32.2. The zero-order valence-electron chi connectivity index (χ0n) is 12.5. The fourth-order valence-electron chi connectivity index (χ4n) is 3.21. The zero-order valence-corrected chi connectivity index (χ0v) is 13.3. The molecule has 22 heavy (non-hydrogen) atoms. The van der Waals surface area contributed by atoms with E-state index in [1.165, 1.54) is 22.7 Å². The van der Waals surface area contributed by atoms with E-state index in [0.717, 1.165) is 6.07 Å². The summed E-state index contributed by atoms with van der Waals surface area (Å²) in [6.07, 6.45) is 2.83. The number of halogens is 2. The van der Waals surface area contributed by atoms with Gasteiger partial charge in [0.05, 0.1) is 6.26 Å². The molecule has 1 aromatic rings. The average molecular weight is 333 g/mol. The van der Waals surface area contributed by atoms with Gasteiger partial charge in [0.1, 0.15) is 11.6 Å². The number of nitrogens with zero attached hydrogens (tertiary/aromatic N) is 1. The third-order valence-corrected chi connectivity index (χ3v) is 5.59. The fraction of sp³-hybridized carbons (Fsp3) is 0.600. The Bertz CT molecular complexity index is 593. The number of rotatable bonds is 5. The molecule has 0 bridgehead atoms. The molecule has 0 spiro atoms. The van der Waals surface area contributed by atoms with Crippen LogP contribution in [0.4, 0.5) is 8.78 Å². The van der Waals surface area contributed by atoms with Crippen molar-refractivity contribution in [3.05, 3.63) is 35.4 Å². The second kappa shape index (κ2) is 7.02. The minimum atomic E-state index is -3.20. The van der Waals surface area contributed by atoms with Gasteiger partial charge in [0.2, 0.25) is 10.0 Å². The number of hydrogen-bond donors (Lipinski definition) is 1. The van der Waals surface area contributed by atoms with Gasteiger partial charge in [0, 0.05) is 25.8 Å². The maximum absolute atomic E-state index is 13.4. The predicted molar refractivity (Wildman–Crippen MR) is 79.9 cm³/mol. The molecule has 1 heterocycles. The van der Waals surface area contributed by atoms with Gasteiger partial charge >= 0.3 is 0 Å². The van der Waals surface area contributed by atoms with Crippen molar-refractivity contribution in [1.82, 2.24) is 4.31 Å². The lowest BCUT2D eigenvalue weighted by atomic mass is 9.78. The van der Waals surface area contributed by atoms with Crippen LogP contribution in [-0.4, -0.2) is 43.8 Å². The van der Waals surface area contributed by atoms with Crippen LogP contribution in [0.1, 0.15) is 30.7 Å². The number of benzene rings is 1. The standard InChI is InChI=1S/C15H21F2NO3S/c1-22(20,21)18-5-2-11(3-6-18)15(4-7-19)12-8-13(16)10-14(17)9-12/h8-11,15,19H,2-7H2,1H3. The predicted octanol–water partition coefficient (Wildman–Crippen LogP) is 2.10. The lowest BCUT2D eigenvalue weighted by Crippen LogP contribution is -2.39. The van der Waals surface area contributed by atoms with E-state index < -0.39 is 21.7 Å². The van der Waals surface area contributed by atoms with Crippen molar-refractivity contribution < 1.29 is 22.3 Å². The van der Waals surface area contributed by atoms with Gasteiger partial charge in [0.25, 0.3) is 0 Å². The smallest absolute Gasteiger partial charge is 0.211 e. The molecule has 0 saturated carbocycles. The van der Waals surface area contributed by atoms with Crippen LogP contribution in [0.2, 0.25) is 0 Å². The van der Waals surface area contributed by atoms with E-state index in [4.69, 9.17) is 0 Å². The minimum Gasteiger partial charge on any atom is -0.396 e. The van der Waals surface area contributed by atoms with Crippen LogP contribution >= 0.6 is 0 Å². The van der Waals surface area contributed by atoms with Gasteiger partial charge in [-0.15, -0.1) is 0 Å². The highest BCUT2D eigenvalue weighted by Gasteiger charge is 2.30. The monoisotopic (exact) mass is 333 g/mol. The summed E-state index contributed by atoms with van der Waals surface area (Å²) in [5, 5.41) is 9.25. The maximum atomic E-state index is 13.4. The van der Waals surface area contributed by atoms with Gasteiger partial charge < -0.3 is 5.11 Å². The third kappa shape index (κ3) is 4.24. The van der Waals surface area contributed by atoms with Crippen molar-refractivity contribution in [3.63, 3.8) is 0 Å². The largest absolute Gasteiger partial charge is 0.396 e. The van der Waals surface area contributed by atoms with Gasteiger partial charge in [-0.3, -0.25) is 0 Å². The van der Waals surface area contributed by atoms with E-state index in [9.17, 15) is 22.3 Å². The van der Waals surface area contributed by atoms with Gasteiger partial charge in [-0.25, -0.2) is 21.5 Å². The van der Waals surface area contributed by atoms with E-state index in [2.05, 4.69) is 0 Å². The molecule has 1 saturated heterocycles. The molecule has 0 aliphatic carbocycles. The molecule has 1 aliphatic rings. The van der Waals surface area contributed by atoms with Crippen LogP contribution in [0.25, 0.3) is 0 Å². The van der Waals surface area contributed by atoms with Gasteiger partial charge in [-0.1, -0.05) is 0 Å². The van der Waals surface area contributed by atoms with Crippen molar-refractivity contribution in [1.29, 1.82) is 0 Å². The Hall–Kier alpha value is -1.05. The Morgan fingerprint density at radius 3 is 2.23 bits per heavy atom. The first-order valence-electron chi connectivity index (χ1n) is 7.33. The number of aliphatic hydroxyl groups is 1. The molecule has 1 aromatic carbocycles. The van der Waals surface area contributed by atoms with E-state index in [1.807, 2.05) is 0 Å². The molecule has 0 aromatic heterocycles. The highest BCUT2D eigenvalue weighted by molar-refractivity contribution is 7.88. The second-order valence-corrected chi connectivity index (χ2v) is 7.80. The lowest BCUT2D eigenvalue weighted by molar-refractivity contribution is 0.206. The maximum Gasteiger partial charge on any atom is 0.211 e. The Morgan fingerprint density at radius 1 is 1.23 bits per heavy atom. The summed E-state index contributed by atoms with van der Waals surface area (Å²) in [5.41, 5.74) is 0.532. The van der Waals surface area contributed by atoms with Gasteiger partial charge in [-0.2, -0.15) is 0 Å². The van der Waals surface area contributed by atoms with E-state index in [0.29, 0.717) is 37.9 Å². The Labute approximate surface area is 129 Å². The second-order valence-electron chi connectivity index (χ2n) is 5.82. The molecule has 7 heteroatoms. The number of piperidine rings is 1. The summed E-state index contributed by atoms with van der Waals surface area (Å²) in [6.45, 7) is 0.738. The summed E-state index contributed by atoms with van der Waals surface area (Å²) in [5.74, 6) is -1.33. The zero-order chi connectivity index (χ0) is 16.3. The summed E-state index contributed by atoms with van der Waals surface area (Å²) in [4.78, 5) is 0. The number of aliphatic hydroxyl groups excluding tert-OH is 1. The number of hydrogen-bond acceptors (Lipinski definition) is 3. The van der Waals surface area contributed by atoms with Crippen LogP contribution < -0.4 is 0 Å². The fourth-order valence-corrected chi connectivity index (χ4v) is 4.09. The summed E-state index contributed by atoms with van der Waals surface area (Å²) in [6, 6.07) is 3.42. The van der Waals surface area contributed by atoms with E-state index in [1.54, 1.807) is 0 Å². The topological polar surface area (TPSA) is 57.6 Å². The molecule has 1 unspecified atom stereocenters. The molecule has 124 valence electrons. The van der Waals surface area contributed by atoms with Gasteiger partial charge in [0.15, 0.2) is 0 Å². The minimum absolute atomic E-state index is 0.0743. The molecule has 1 fully saturated rings. The van der Waals surface area contributed by atoms with Crippen LogP contribution in [0.5, 0.6) is 0 Å². The lowest BCUT2D eigenvalue weighted by Gasteiger charge is -2.35. The normalized spacial score (nSPS) is 19.3. The summed E-state index contributed by atoms with van der Waals surface area (Å²) < 4.78 is 51.3. The summed E-state index contributed by atoms with van der Waals surface area (Å²) >= 11 is 0. The number of sulfonamides is 1. The molecule has 2 rings (SSSR count). The molecule has 1 atom stereocenters. The quantitative estimate of drug-likeness (QED) is 0.898. The van der Waals surface area contributed by atoms with Crippen molar-refractivity contribution in [2.45, 2.75) is 25.2 Å². The SMILES string of the molecule is CS(=O)(=O)N1CCC(C(CCO)c2cc(F)cc(F)c2)CC1. The molecule has 1 aliphatic heterocycles. The molecule has 0 amide bonds. The van der Waals surface area contributed by atoms with E-state index in [-0.39, 0.29) is 18.4 Å². The van der Waals surface area contributed by atoms with Crippen molar-refractivity contribution in [2.75, 3.05) is 26.0 Å². The van der Waals surface area contributed by atoms with Crippen molar-refractivity contribution >= 4 is 10.0 Å². The molecule has 4 nitrogen and oxygen atoms in total. The molecular weight excluding hydrogens is 312 g/mol. The third-order valence-electron chi connectivity index (χ3n) is 4.29. The van der Waals surface area contributed by atoms with Crippen LogP contribution in [0, 0.1) is 17.6 Å². The van der Waals surface area contributed by atoms with Crippen LogP contribution in [-0.2, 0) is 10.0 Å². The Balaban J connectivity index is 2.16. The van der Waals surface area contributed by atoms with E-state index >= 15 is 0 Å². The average Bonchev–Trinajstić information content (AvgIpc) is 2.43. The summed E-state index contributed by atoms with van der Waals surface area (Å²) in [7, 11) is -3.20. The van der Waals surface area contributed by atoms with Crippen LogP contribution in [0.3, 0.4) is 0 Å². The Kier molecular flexibility index (Phi) is 5.52. The van der Waals surface area contributed by atoms with Crippen molar-refractivity contribution in [2.24, 2.45) is 5.92 Å². The van der Waals surface area contributed by atoms with Crippen LogP contribution in [0.15, 0.2) is 18.2 Å². The first-order chi connectivity index (χ1) is 10.3. The first-order valence-corrected chi connectivity index (χ1v) is 9.18.